The lowest BCUT2D eigenvalue weighted by atomic mass is 10.2. The van der Waals surface area contributed by atoms with Gasteiger partial charge in [0.1, 0.15) is 0 Å². The highest BCUT2D eigenvalue weighted by Crippen LogP contribution is 2.22. The molecule has 2 rings (SSSR count). The molecule has 160 valence electrons. The number of guanidine groups is 1. The van der Waals surface area contributed by atoms with Crippen LogP contribution in [0, 0.1) is 0 Å². The summed E-state index contributed by atoms with van der Waals surface area (Å²) >= 11 is 0. The Morgan fingerprint density at radius 1 is 1.27 bits per heavy atom. The second kappa shape index (κ2) is 10.1. The number of nitrogens with one attached hydrogen (secondary N) is 2. The van der Waals surface area contributed by atoms with Crippen molar-refractivity contribution < 1.29 is 8.42 Å². The lowest BCUT2D eigenvalue weighted by Crippen LogP contribution is -2.20. The molecule has 30 heavy (non-hydrogen) atoms. The molecule has 8 nitrogen and oxygen atoms in total. The second-order valence-corrected chi connectivity index (χ2v) is 8.81. The summed E-state index contributed by atoms with van der Waals surface area (Å²) in [5.74, 6) is 0.351. The first-order valence-corrected chi connectivity index (χ1v) is 10.9. The van der Waals surface area contributed by atoms with E-state index in [2.05, 4.69) is 52.3 Å². The predicted molar refractivity (Wildman–Crippen MR) is 124 cm³/mol. The lowest BCUT2D eigenvalue weighted by molar-refractivity contribution is 0.532. The number of nitrogens with zero attached hydrogens (tertiary/aromatic N) is 4. The van der Waals surface area contributed by atoms with Gasteiger partial charge in [-0.05, 0) is 57.7 Å². The number of rotatable bonds is 8. The number of hydrogen-bond donors (Lipinski definition) is 2. The molecule has 0 saturated carbocycles. The zero-order valence-corrected chi connectivity index (χ0v) is 18.6. The first kappa shape index (κ1) is 23.2. The van der Waals surface area contributed by atoms with E-state index in [0.29, 0.717) is 5.96 Å². The standard InChI is InChI=1S/C21H28N6O2S/c1-7-30(28,29)24-12-17-8-10-19(11-9-17)25-21(22-6)26-20(15(2)3)18-13-23-27(14-18)16(4)5/h7-11,13-14,16,24H,1,6,12H2,2-5H3,(H,25,26). The van der Waals surface area contributed by atoms with Crippen molar-refractivity contribution in [2.24, 2.45) is 9.98 Å². The van der Waals surface area contributed by atoms with E-state index in [0.717, 1.165) is 33.5 Å². The van der Waals surface area contributed by atoms with Crippen molar-refractivity contribution in [1.82, 2.24) is 14.5 Å². The van der Waals surface area contributed by atoms with Gasteiger partial charge in [0.05, 0.1) is 11.9 Å². The Kier molecular flexibility index (Phi) is 7.85. The average molecular weight is 429 g/mol. The molecular weight excluding hydrogens is 400 g/mol. The van der Waals surface area contributed by atoms with E-state index in [1.165, 1.54) is 0 Å². The van der Waals surface area contributed by atoms with Crippen molar-refractivity contribution in [2.75, 3.05) is 5.32 Å². The second-order valence-electron chi connectivity index (χ2n) is 7.10. The summed E-state index contributed by atoms with van der Waals surface area (Å²) in [6, 6.07) is 7.51. The monoisotopic (exact) mass is 428 g/mol. The van der Waals surface area contributed by atoms with Gasteiger partial charge in [-0.2, -0.15) is 5.10 Å². The van der Waals surface area contributed by atoms with E-state index in [-0.39, 0.29) is 12.6 Å². The van der Waals surface area contributed by atoms with Crippen LogP contribution in [0.5, 0.6) is 0 Å². The third-order valence-electron chi connectivity index (χ3n) is 4.15. The maximum absolute atomic E-state index is 11.5. The molecule has 0 bridgehead atoms. The minimum atomic E-state index is -3.46. The van der Waals surface area contributed by atoms with Crippen LogP contribution >= 0.6 is 0 Å². The Labute approximate surface area is 178 Å². The minimum absolute atomic E-state index is 0.178. The molecule has 0 fully saturated rings. The number of aromatic nitrogens is 2. The first-order chi connectivity index (χ1) is 14.1. The minimum Gasteiger partial charge on any atom is -0.324 e. The van der Waals surface area contributed by atoms with Crippen LogP contribution in [-0.4, -0.2) is 30.9 Å². The van der Waals surface area contributed by atoms with E-state index in [9.17, 15) is 8.42 Å². The van der Waals surface area contributed by atoms with E-state index < -0.39 is 10.0 Å². The predicted octanol–water partition coefficient (Wildman–Crippen LogP) is 3.95. The summed E-state index contributed by atoms with van der Waals surface area (Å²) in [5.41, 5.74) is 4.25. The van der Waals surface area contributed by atoms with E-state index in [1.807, 2.05) is 49.0 Å². The van der Waals surface area contributed by atoms with Crippen LogP contribution in [0.4, 0.5) is 5.69 Å². The molecule has 0 aliphatic carbocycles. The highest BCUT2D eigenvalue weighted by Gasteiger charge is 2.10. The van der Waals surface area contributed by atoms with Gasteiger partial charge in [-0.15, -0.1) is 0 Å². The molecule has 2 aromatic rings. The fourth-order valence-corrected chi connectivity index (χ4v) is 2.98. The van der Waals surface area contributed by atoms with Crippen LogP contribution in [0.2, 0.25) is 0 Å². The molecule has 1 heterocycles. The highest BCUT2D eigenvalue weighted by atomic mass is 32.2. The molecule has 9 heteroatoms. The number of benzene rings is 1. The zero-order valence-electron chi connectivity index (χ0n) is 17.8. The number of sulfonamides is 1. The lowest BCUT2D eigenvalue weighted by Gasteiger charge is -2.09. The maximum atomic E-state index is 11.5. The normalized spacial score (nSPS) is 12.0. The summed E-state index contributed by atoms with van der Waals surface area (Å²) in [7, 11) is -3.46. The fourth-order valence-electron chi connectivity index (χ4n) is 2.49. The van der Waals surface area contributed by atoms with Crippen molar-refractivity contribution in [2.45, 2.75) is 40.3 Å². The zero-order chi connectivity index (χ0) is 22.3. The van der Waals surface area contributed by atoms with Crippen LogP contribution in [0.1, 0.15) is 44.9 Å². The maximum Gasteiger partial charge on any atom is 0.233 e. The quantitative estimate of drug-likeness (QED) is 0.491. The van der Waals surface area contributed by atoms with Crippen molar-refractivity contribution in [3.05, 3.63) is 65.3 Å². The van der Waals surface area contributed by atoms with Gasteiger partial charge in [-0.3, -0.25) is 4.68 Å². The number of hydrogen-bond acceptors (Lipinski definition) is 4. The van der Waals surface area contributed by atoms with Gasteiger partial charge in [-0.25, -0.2) is 23.1 Å². The van der Waals surface area contributed by atoms with Gasteiger partial charge in [-0.1, -0.05) is 18.7 Å². The van der Waals surface area contributed by atoms with Crippen LogP contribution in [-0.2, 0) is 16.6 Å². The van der Waals surface area contributed by atoms with Gasteiger partial charge >= 0.3 is 0 Å². The topological polar surface area (TPSA) is 101 Å². The molecule has 1 aromatic carbocycles. The SMILES string of the molecule is C=CS(=O)(=O)NCc1ccc(N/C(N=C)=N/C(=C(C)C)c2cnn(C(C)C)c2)cc1. The molecule has 1 aromatic heterocycles. The van der Waals surface area contributed by atoms with Crippen molar-refractivity contribution in [3.63, 3.8) is 0 Å². The Morgan fingerprint density at radius 3 is 2.43 bits per heavy atom. The largest absolute Gasteiger partial charge is 0.324 e. The molecule has 0 aliphatic rings. The first-order valence-electron chi connectivity index (χ1n) is 9.40. The molecule has 0 radical (unpaired) electrons. The van der Waals surface area contributed by atoms with Crippen molar-refractivity contribution >= 4 is 34.1 Å². The third-order valence-corrected chi connectivity index (χ3v) is 5.14. The summed E-state index contributed by atoms with van der Waals surface area (Å²) in [6.45, 7) is 15.1. The number of aliphatic imine (C=N–C) groups is 2. The van der Waals surface area contributed by atoms with Gasteiger partial charge in [0.25, 0.3) is 0 Å². The molecule has 0 unspecified atom stereocenters. The van der Waals surface area contributed by atoms with Crippen molar-refractivity contribution in [1.29, 1.82) is 0 Å². The Morgan fingerprint density at radius 2 is 1.93 bits per heavy atom. The summed E-state index contributed by atoms with van der Waals surface area (Å²) in [5, 5.41) is 8.39. The van der Waals surface area contributed by atoms with Crippen LogP contribution in [0.3, 0.4) is 0 Å². The fraction of sp³-hybridized carbons (Fsp3) is 0.286. The molecule has 0 saturated heterocycles. The van der Waals surface area contributed by atoms with Gasteiger partial charge in [0.15, 0.2) is 0 Å². The van der Waals surface area contributed by atoms with Gasteiger partial charge in [0, 0.05) is 35.4 Å². The Bertz CT molecular complexity index is 1060. The Balaban J connectivity index is 2.18. The third kappa shape index (κ3) is 6.50. The van der Waals surface area contributed by atoms with Crippen LogP contribution in [0.15, 0.2) is 64.2 Å². The van der Waals surface area contributed by atoms with E-state index in [1.54, 1.807) is 6.20 Å². The molecule has 0 atom stereocenters. The summed E-state index contributed by atoms with van der Waals surface area (Å²) in [6.07, 6.45) is 3.74. The van der Waals surface area contributed by atoms with Gasteiger partial charge in [0.2, 0.25) is 16.0 Å². The smallest absolute Gasteiger partial charge is 0.233 e. The molecular formula is C21H28N6O2S. The highest BCUT2D eigenvalue weighted by molar-refractivity contribution is 7.92. The summed E-state index contributed by atoms with van der Waals surface area (Å²) in [4.78, 5) is 8.63. The molecule has 0 spiro atoms. The average Bonchev–Trinajstić information content (AvgIpc) is 3.20. The van der Waals surface area contributed by atoms with E-state index >= 15 is 0 Å². The van der Waals surface area contributed by atoms with Crippen molar-refractivity contribution in [3.8, 4) is 0 Å². The molecule has 0 aliphatic heterocycles. The van der Waals surface area contributed by atoms with Crippen LogP contribution < -0.4 is 10.0 Å². The number of anilines is 1. The Hall–Kier alpha value is -3.04. The van der Waals surface area contributed by atoms with E-state index in [4.69, 9.17) is 0 Å². The van der Waals surface area contributed by atoms with Gasteiger partial charge < -0.3 is 5.32 Å². The molecule has 0 amide bonds. The number of allylic oxidation sites excluding steroid dienone is 1. The summed E-state index contributed by atoms with van der Waals surface area (Å²) < 4.78 is 27.2. The van der Waals surface area contributed by atoms with Crippen LogP contribution in [0.25, 0.3) is 5.70 Å². The molecule has 2 N–H and O–H groups in total.